The summed E-state index contributed by atoms with van der Waals surface area (Å²) < 4.78 is 6.05. The topological polar surface area (TPSA) is 58.6 Å². The van der Waals surface area contributed by atoms with Gasteiger partial charge in [0.25, 0.3) is 5.91 Å². The van der Waals surface area contributed by atoms with Crippen LogP contribution in [0.5, 0.6) is 5.75 Å². The van der Waals surface area contributed by atoms with E-state index in [4.69, 9.17) is 4.74 Å². The van der Waals surface area contributed by atoms with Gasteiger partial charge in [0.05, 0.1) is 18.3 Å². The highest BCUT2D eigenvalue weighted by Gasteiger charge is 2.31. The number of carbonyl (C=O) groups is 1. The predicted octanol–water partition coefficient (Wildman–Crippen LogP) is 2.49. The first-order valence-corrected chi connectivity index (χ1v) is 7.17. The third kappa shape index (κ3) is 3.48. The number of benzene rings is 1. The molecule has 5 heteroatoms. The Balaban J connectivity index is 2.03. The van der Waals surface area contributed by atoms with Gasteiger partial charge in [-0.15, -0.1) is 0 Å². The van der Waals surface area contributed by atoms with E-state index >= 15 is 0 Å². The van der Waals surface area contributed by atoms with E-state index < -0.39 is 5.60 Å². The minimum absolute atomic E-state index is 0.218. The van der Waals surface area contributed by atoms with Crippen LogP contribution in [-0.4, -0.2) is 30.3 Å². The number of rotatable bonds is 4. The van der Waals surface area contributed by atoms with Gasteiger partial charge in [0.2, 0.25) is 0 Å². The van der Waals surface area contributed by atoms with Gasteiger partial charge >= 0.3 is 0 Å². The Morgan fingerprint density at radius 1 is 1.47 bits per heavy atom. The first-order valence-electron chi connectivity index (χ1n) is 6.38. The van der Waals surface area contributed by atoms with Crippen LogP contribution in [0.15, 0.2) is 22.7 Å². The smallest absolute Gasteiger partial charge is 0.255 e. The van der Waals surface area contributed by atoms with Crippen LogP contribution in [-0.2, 0) is 0 Å². The highest BCUT2D eigenvalue weighted by atomic mass is 79.9. The summed E-state index contributed by atoms with van der Waals surface area (Å²) in [5.41, 5.74) is -0.259. The largest absolute Gasteiger partial charge is 0.496 e. The lowest BCUT2D eigenvalue weighted by molar-refractivity contribution is 0.0449. The maximum atomic E-state index is 12.1. The van der Waals surface area contributed by atoms with Crippen LogP contribution in [0.25, 0.3) is 0 Å². The summed E-state index contributed by atoms with van der Waals surface area (Å²) in [6, 6.07) is 5.25. The van der Waals surface area contributed by atoms with Crippen molar-refractivity contribution in [2.24, 2.45) is 0 Å². The summed E-state index contributed by atoms with van der Waals surface area (Å²) in [5, 5.41) is 13.0. The van der Waals surface area contributed by atoms with E-state index in [-0.39, 0.29) is 5.91 Å². The quantitative estimate of drug-likeness (QED) is 0.893. The summed E-state index contributed by atoms with van der Waals surface area (Å²) in [6.07, 6.45) is 3.55. The van der Waals surface area contributed by atoms with Crippen molar-refractivity contribution in [1.82, 2.24) is 5.32 Å². The van der Waals surface area contributed by atoms with Gasteiger partial charge in [-0.3, -0.25) is 4.79 Å². The molecular weight excluding hydrogens is 310 g/mol. The Labute approximate surface area is 121 Å². The molecule has 0 aliphatic heterocycles. The van der Waals surface area contributed by atoms with Gasteiger partial charge in [-0.05, 0) is 31.0 Å². The number of nitrogens with one attached hydrogen (secondary N) is 1. The number of hydrogen-bond acceptors (Lipinski definition) is 3. The van der Waals surface area contributed by atoms with Gasteiger partial charge in [-0.25, -0.2) is 0 Å². The fraction of sp³-hybridized carbons (Fsp3) is 0.500. The van der Waals surface area contributed by atoms with E-state index in [2.05, 4.69) is 21.2 Å². The Morgan fingerprint density at radius 2 is 2.16 bits per heavy atom. The summed E-state index contributed by atoms with van der Waals surface area (Å²) in [5.74, 6) is 0.301. The van der Waals surface area contributed by atoms with Gasteiger partial charge in [-0.1, -0.05) is 28.8 Å². The average molecular weight is 328 g/mol. The van der Waals surface area contributed by atoms with Gasteiger partial charge < -0.3 is 15.2 Å². The summed E-state index contributed by atoms with van der Waals surface area (Å²) >= 11 is 3.34. The van der Waals surface area contributed by atoms with Crippen LogP contribution in [0.4, 0.5) is 0 Å². The molecule has 0 spiro atoms. The Hall–Kier alpha value is -1.07. The molecule has 2 N–H and O–H groups in total. The molecule has 0 radical (unpaired) electrons. The molecule has 1 fully saturated rings. The van der Waals surface area contributed by atoms with Gasteiger partial charge in [0, 0.05) is 11.0 Å². The Bertz CT molecular complexity index is 470. The van der Waals surface area contributed by atoms with Crippen LogP contribution >= 0.6 is 15.9 Å². The summed E-state index contributed by atoms with van der Waals surface area (Å²) in [6.45, 7) is 0.297. The number of methoxy groups -OCH3 is 1. The number of carbonyl (C=O) groups excluding carboxylic acids is 1. The molecule has 2 rings (SSSR count). The normalized spacial score (nSPS) is 17.2. The molecule has 1 aliphatic rings. The zero-order chi connectivity index (χ0) is 13.9. The van der Waals surface area contributed by atoms with E-state index in [0.29, 0.717) is 17.9 Å². The summed E-state index contributed by atoms with van der Waals surface area (Å²) in [4.78, 5) is 12.1. The van der Waals surface area contributed by atoms with E-state index in [1.807, 2.05) is 0 Å². The van der Waals surface area contributed by atoms with Crippen molar-refractivity contribution in [1.29, 1.82) is 0 Å². The second-order valence-electron chi connectivity index (χ2n) is 4.96. The lowest BCUT2D eigenvalue weighted by atomic mass is 10.0. The maximum Gasteiger partial charge on any atom is 0.255 e. The minimum Gasteiger partial charge on any atom is -0.496 e. The van der Waals surface area contributed by atoms with Crippen LogP contribution < -0.4 is 10.1 Å². The third-order valence-electron chi connectivity index (χ3n) is 3.52. The van der Waals surface area contributed by atoms with Crippen molar-refractivity contribution in [3.8, 4) is 5.75 Å². The molecular formula is C14H18BrNO3. The van der Waals surface area contributed by atoms with Crippen molar-refractivity contribution in [2.45, 2.75) is 31.3 Å². The Morgan fingerprint density at radius 3 is 2.79 bits per heavy atom. The number of amides is 1. The van der Waals surface area contributed by atoms with E-state index in [1.54, 1.807) is 18.2 Å². The van der Waals surface area contributed by atoms with Crippen LogP contribution in [0.2, 0.25) is 0 Å². The van der Waals surface area contributed by atoms with Gasteiger partial charge in [-0.2, -0.15) is 0 Å². The number of aliphatic hydroxyl groups is 1. The predicted molar refractivity (Wildman–Crippen MR) is 76.4 cm³/mol. The second kappa shape index (κ2) is 5.92. The first-order chi connectivity index (χ1) is 9.04. The number of halogens is 1. The molecule has 0 heterocycles. The molecule has 1 aromatic rings. The molecule has 1 saturated carbocycles. The molecule has 0 bridgehead atoms. The van der Waals surface area contributed by atoms with Gasteiger partial charge in [0.15, 0.2) is 0 Å². The van der Waals surface area contributed by atoms with Crippen molar-refractivity contribution in [3.05, 3.63) is 28.2 Å². The summed E-state index contributed by atoms with van der Waals surface area (Å²) in [7, 11) is 1.53. The zero-order valence-corrected chi connectivity index (χ0v) is 12.5. The van der Waals surface area contributed by atoms with E-state index in [0.717, 1.165) is 30.2 Å². The average Bonchev–Trinajstić information content (AvgIpc) is 2.83. The Kier molecular flexibility index (Phi) is 4.47. The highest BCUT2D eigenvalue weighted by Crippen LogP contribution is 2.29. The monoisotopic (exact) mass is 327 g/mol. The fourth-order valence-corrected chi connectivity index (χ4v) is 2.74. The van der Waals surface area contributed by atoms with E-state index in [1.165, 1.54) is 7.11 Å². The van der Waals surface area contributed by atoms with Crippen LogP contribution in [0.3, 0.4) is 0 Å². The van der Waals surface area contributed by atoms with Crippen LogP contribution in [0, 0.1) is 0 Å². The number of hydrogen-bond donors (Lipinski definition) is 2. The van der Waals surface area contributed by atoms with Crippen molar-refractivity contribution >= 4 is 21.8 Å². The second-order valence-corrected chi connectivity index (χ2v) is 5.87. The molecule has 1 amide bonds. The van der Waals surface area contributed by atoms with Crippen LogP contribution in [0.1, 0.15) is 36.0 Å². The molecule has 0 aromatic heterocycles. The molecule has 0 unspecified atom stereocenters. The van der Waals surface area contributed by atoms with Gasteiger partial charge in [0.1, 0.15) is 5.75 Å². The van der Waals surface area contributed by atoms with Crippen molar-refractivity contribution in [3.63, 3.8) is 0 Å². The first kappa shape index (κ1) is 14.3. The minimum atomic E-state index is -0.738. The number of ether oxygens (including phenoxy) is 1. The molecule has 0 saturated heterocycles. The SMILES string of the molecule is COc1cc(Br)ccc1C(=O)NCC1(O)CCCC1. The standard InChI is InChI=1S/C14H18BrNO3/c1-19-12-8-10(15)4-5-11(12)13(17)16-9-14(18)6-2-3-7-14/h4-5,8,18H,2-3,6-7,9H2,1H3,(H,16,17). The lowest BCUT2D eigenvalue weighted by Gasteiger charge is -2.22. The lowest BCUT2D eigenvalue weighted by Crippen LogP contribution is -2.40. The molecule has 4 nitrogen and oxygen atoms in total. The highest BCUT2D eigenvalue weighted by molar-refractivity contribution is 9.10. The molecule has 1 aliphatic carbocycles. The fourth-order valence-electron chi connectivity index (χ4n) is 2.40. The van der Waals surface area contributed by atoms with Crippen molar-refractivity contribution < 1.29 is 14.6 Å². The maximum absolute atomic E-state index is 12.1. The molecule has 104 valence electrons. The zero-order valence-electron chi connectivity index (χ0n) is 10.9. The molecule has 19 heavy (non-hydrogen) atoms. The van der Waals surface area contributed by atoms with E-state index in [9.17, 15) is 9.90 Å². The third-order valence-corrected chi connectivity index (χ3v) is 4.01. The van der Waals surface area contributed by atoms with Crippen molar-refractivity contribution in [2.75, 3.05) is 13.7 Å². The molecule has 1 aromatic carbocycles. The molecule has 0 atom stereocenters.